The van der Waals surface area contributed by atoms with Crippen LogP contribution in [0.25, 0.3) is 82.5 Å². The van der Waals surface area contributed by atoms with Gasteiger partial charge in [-0.3, -0.25) is 9.20 Å². The van der Waals surface area contributed by atoms with E-state index in [9.17, 15) is 0 Å². The first-order valence-electron chi connectivity index (χ1n) is 18.0. The van der Waals surface area contributed by atoms with E-state index in [0.29, 0.717) is 0 Å². The Morgan fingerprint density at radius 3 is 1.50 bits per heavy atom. The van der Waals surface area contributed by atoms with E-state index < -0.39 is 5.41 Å². The Morgan fingerprint density at radius 1 is 0.365 bits per heavy atom. The number of hydrogen-bond donors (Lipinski definition) is 0. The number of hydrogen-bond acceptors (Lipinski definition) is 1. The maximum Gasteiger partial charge on any atom is 0.263 e. The van der Waals surface area contributed by atoms with Crippen LogP contribution in [0.2, 0.25) is 0 Å². The molecule has 12 rings (SSSR count). The number of aromatic nitrogens is 1. The lowest BCUT2D eigenvalue weighted by molar-refractivity contribution is 0.796. The lowest BCUT2D eigenvalue weighted by atomic mass is 9.68. The summed E-state index contributed by atoms with van der Waals surface area (Å²) in [5.41, 5.74) is 16.0. The Morgan fingerprint density at radius 2 is 0.846 bits per heavy atom. The van der Waals surface area contributed by atoms with Gasteiger partial charge in [-0.15, -0.1) is 0 Å². The van der Waals surface area contributed by atoms with Crippen LogP contribution < -0.4 is 5.56 Å². The van der Waals surface area contributed by atoms with Gasteiger partial charge in [0.05, 0.1) is 16.4 Å². The summed E-state index contributed by atoms with van der Waals surface area (Å²) in [5.74, 6) is 0. The van der Waals surface area contributed by atoms with Crippen LogP contribution in [0.15, 0.2) is 181 Å². The molecule has 0 unspecified atom stereocenters. The molecule has 0 amide bonds. The summed E-state index contributed by atoms with van der Waals surface area (Å²) in [5, 5.41) is 5.01. The fourth-order valence-electron chi connectivity index (χ4n) is 9.99. The first kappa shape index (κ1) is 28.0. The average molecular weight is 660 g/mol. The summed E-state index contributed by atoms with van der Waals surface area (Å²) in [7, 11) is 0. The molecule has 8 aromatic carbocycles. The number of pyridine rings is 1. The third-order valence-electron chi connectivity index (χ3n) is 11.9. The summed E-state index contributed by atoms with van der Waals surface area (Å²) in [6.45, 7) is 0. The average Bonchev–Trinajstić information content (AvgIpc) is 3.82. The number of benzene rings is 8. The Kier molecular flexibility index (Phi) is 5.34. The van der Waals surface area contributed by atoms with Crippen molar-refractivity contribution in [1.29, 1.82) is 0 Å². The molecule has 2 aliphatic rings. The van der Waals surface area contributed by atoms with E-state index in [1.807, 2.05) is 18.2 Å². The molecule has 0 bridgehead atoms. The molecular weight excluding hydrogens is 631 g/mol. The lowest BCUT2D eigenvalue weighted by Gasteiger charge is -2.32. The van der Waals surface area contributed by atoms with Crippen molar-refractivity contribution in [1.82, 2.24) is 4.40 Å². The van der Waals surface area contributed by atoms with Crippen molar-refractivity contribution in [3.63, 3.8) is 0 Å². The first-order valence-corrected chi connectivity index (χ1v) is 18.0. The van der Waals surface area contributed by atoms with E-state index in [0.717, 1.165) is 54.7 Å². The van der Waals surface area contributed by atoms with Crippen molar-refractivity contribution in [2.24, 2.45) is 0 Å². The topological polar surface area (TPSA) is 21.5 Å². The Labute approximate surface area is 299 Å². The molecule has 52 heavy (non-hydrogen) atoms. The standard InChI is InChI=1S/C50H29NO/c52-49-36-22-8-7-19-33(36)39-27-32(30-15-3-1-4-16-30)28-40-41-29-38(31-17-5-2-6-18-31)46-45(48(41)51(49)47(39)40)37-23-11-14-26-44(37)50(46)42-24-12-9-20-34(42)35-21-10-13-25-43(35)50/h1-29H. The highest BCUT2D eigenvalue weighted by Crippen LogP contribution is 2.66. The zero-order valence-electron chi connectivity index (χ0n) is 28.1. The molecule has 2 nitrogen and oxygen atoms in total. The van der Waals surface area contributed by atoms with Gasteiger partial charge in [0.15, 0.2) is 0 Å². The predicted molar refractivity (Wildman–Crippen MR) is 215 cm³/mol. The molecule has 2 heterocycles. The molecule has 0 fully saturated rings. The minimum atomic E-state index is -0.567. The molecule has 10 aromatic rings. The van der Waals surface area contributed by atoms with Gasteiger partial charge in [-0.05, 0) is 90.8 Å². The van der Waals surface area contributed by atoms with Crippen molar-refractivity contribution < 1.29 is 0 Å². The molecule has 0 saturated carbocycles. The smallest absolute Gasteiger partial charge is 0.263 e. The second-order valence-electron chi connectivity index (χ2n) is 14.3. The maximum absolute atomic E-state index is 15.1. The number of rotatable bonds is 2. The molecule has 2 aromatic heterocycles. The quantitative estimate of drug-likeness (QED) is 0.169. The zero-order chi connectivity index (χ0) is 34.1. The predicted octanol–water partition coefficient (Wildman–Crippen LogP) is 11.9. The van der Waals surface area contributed by atoms with Gasteiger partial charge in [0.1, 0.15) is 0 Å². The van der Waals surface area contributed by atoms with Gasteiger partial charge in [0, 0.05) is 27.1 Å². The monoisotopic (exact) mass is 659 g/mol. The van der Waals surface area contributed by atoms with E-state index >= 15 is 4.79 Å². The number of nitrogens with zero attached hydrogens (tertiary/aromatic N) is 1. The normalized spacial score (nSPS) is 13.6. The molecule has 240 valence electrons. The minimum absolute atomic E-state index is 0.0240. The Balaban J connectivity index is 1.38. The maximum atomic E-state index is 15.1. The third-order valence-corrected chi connectivity index (χ3v) is 11.9. The molecule has 0 N–H and O–H groups in total. The van der Waals surface area contributed by atoms with Gasteiger partial charge in [0.25, 0.3) is 5.56 Å². The summed E-state index contributed by atoms with van der Waals surface area (Å²) in [4.78, 5) is 15.1. The second-order valence-corrected chi connectivity index (χ2v) is 14.3. The molecule has 2 aliphatic carbocycles. The van der Waals surface area contributed by atoms with E-state index in [1.54, 1.807) is 0 Å². The third kappa shape index (κ3) is 3.28. The van der Waals surface area contributed by atoms with Gasteiger partial charge in [-0.2, -0.15) is 0 Å². The molecule has 0 radical (unpaired) electrons. The van der Waals surface area contributed by atoms with Crippen LogP contribution in [0.1, 0.15) is 22.3 Å². The Bertz CT molecular complexity index is 3140. The minimum Gasteiger partial charge on any atom is -0.274 e. The molecule has 0 atom stereocenters. The highest BCUT2D eigenvalue weighted by atomic mass is 16.1. The van der Waals surface area contributed by atoms with E-state index in [-0.39, 0.29) is 5.56 Å². The van der Waals surface area contributed by atoms with Crippen LogP contribution in [-0.4, -0.2) is 4.40 Å². The number of fused-ring (bicyclic) bond motifs is 16. The molecule has 0 saturated heterocycles. The van der Waals surface area contributed by atoms with Gasteiger partial charge in [-0.25, -0.2) is 0 Å². The van der Waals surface area contributed by atoms with Crippen molar-refractivity contribution in [2.45, 2.75) is 5.41 Å². The summed E-state index contributed by atoms with van der Waals surface area (Å²) >= 11 is 0. The van der Waals surface area contributed by atoms with Crippen LogP contribution in [0, 0.1) is 0 Å². The van der Waals surface area contributed by atoms with Crippen LogP contribution in [0.5, 0.6) is 0 Å². The van der Waals surface area contributed by atoms with Crippen LogP contribution in [0.3, 0.4) is 0 Å². The van der Waals surface area contributed by atoms with Gasteiger partial charge in [0.2, 0.25) is 0 Å². The Hall–Kier alpha value is -6.77. The van der Waals surface area contributed by atoms with E-state index in [1.165, 1.54) is 50.1 Å². The SMILES string of the molecule is O=c1c2ccccc2c2cc(-c3ccccc3)cc3c4cc(-c5ccccc5)c5c(c4n1c23)-c1ccccc1C51c2ccccc2-c2ccccc21. The van der Waals surface area contributed by atoms with Gasteiger partial charge >= 0.3 is 0 Å². The fourth-order valence-corrected chi connectivity index (χ4v) is 9.99. The van der Waals surface area contributed by atoms with Crippen LogP contribution in [-0.2, 0) is 5.41 Å². The van der Waals surface area contributed by atoms with Crippen LogP contribution >= 0.6 is 0 Å². The van der Waals surface area contributed by atoms with Crippen molar-refractivity contribution >= 4 is 38.0 Å². The highest BCUT2D eigenvalue weighted by molar-refractivity contribution is 6.25. The van der Waals surface area contributed by atoms with Crippen molar-refractivity contribution in [3.05, 3.63) is 209 Å². The molecular formula is C50H29NO. The summed E-state index contributed by atoms with van der Waals surface area (Å²) < 4.78 is 2.06. The lowest BCUT2D eigenvalue weighted by Crippen LogP contribution is -2.26. The highest BCUT2D eigenvalue weighted by Gasteiger charge is 2.53. The molecule has 2 heteroatoms. The summed E-state index contributed by atoms with van der Waals surface area (Å²) in [6.07, 6.45) is 0. The van der Waals surface area contributed by atoms with Gasteiger partial charge < -0.3 is 0 Å². The van der Waals surface area contributed by atoms with Crippen molar-refractivity contribution in [2.75, 3.05) is 0 Å². The van der Waals surface area contributed by atoms with E-state index in [2.05, 4.69) is 162 Å². The van der Waals surface area contributed by atoms with E-state index in [4.69, 9.17) is 0 Å². The molecule has 0 aliphatic heterocycles. The first-order chi connectivity index (χ1) is 25.7. The largest absolute Gasteiger partial charge is 0.274 e. The zero-order valence-corrected chi connectivity index (χ0v) is 28.1. The van der Waals surface area contributed by atoms with Gasteiger partial charge in [-0.1, -0.05) is 152 Å². The summed E-state index contributed by atoms with van der Waals surface area (Å²) in [6, 6.07) is 63.4. The fraction of sp³-hybridized carbons (Fsp3) is 0.0200. The van der Waals surface area contributed by atoms with Crippen molar-refractivity contribution in [3.8, 4) is 44.5 Å². The second kappa shape index (κ2) is 9.93. The molecule has 1 spiro atoms. The van der Waals surface area contributed by atoms with Crippen LogP contribution in [0.4, 0.5) is 0 Å².